The minimum Gasteiger partial charge on any atom is -0.496 e. The average Bonchev–Trinajstić information content (AvgIpc) is 3.21. The number of carbonyl (C=O) groups is 1. The van der Waals surface area contributed by atoms with Crippen molar-refractivity contribution in [1.82, 2.24) is 5.32 Å². The summed E-state index contributed by atoms with van der Waals surface area (Å²) in [6.45, 7) is 0. The first kappa shape index (κ1) is 14.8. The number of benzene rings is 2. The van der Waals surface area contributed by atoms with Crippen molar-refractivity contribution in [2.75, 3.05) is 12.4 Å². The summed E-state index contributed by atoms with van der Waals surface area (Å²) in [6, 6.07) is 12.2. The maximum atomic E-state index is 12.8. The summed E-state index contributed by atoms with van der Waals surface area (Å²) in [4.78, 5) is 14.2. The Kier molecular flexibility index (Phi) is 3.25. The van der Waals surface area contributed by atoms with Gasteiger partial charge >= 0.3 is 0 Å². The van der Waals surface area contributed by atoms with E-state index in [4.69, 9.17) is 4.74 Å². The molecular formula is C20H18N2O2S. The lowest BCUT2D eigenvalue weighted by molar-refractivity contribution is 0.0935. The molecule has 2 aliphatic rings. The highest BCUT2D eigenvalue weighted by Gasteiger charge is 2.34. The van der Waals surface area contributed by atoms with Crippen LogP contribution in [0.15, 0.2) is 36.4 Å². The number of aryl methyl sites for hydroxylation is 1. The lowest BCUT2D eigenvalue weighted by atomic mass is 9.99. The Bertz CT molecular complexity index is 1010. The van der Waals surface area contributed by atoms with Crippen molar-refractivity contribution < 1.29 is 9.53 Å². The fourth-order valence-electron chi connectivity index (χ4n) is 4.01. The van der Waals surface area contributed by atoms with Gasteiger partial charge in [-0.2, -0.15) is 0 Å². The van der Waals surface area contributed by atoms with E-state index in [9.17, 15) is 4.79 Å². The smallest absolute Gasteiger partial charge is 0.256 e. The summed E-state index contributed by atoms with van der Waals surface area (Å²) < 4.78 is 5.60. The van der Waals surface area contributed by atoms with E-state index in [1.165, 1.54) is 10.4 Å². The van der Waals surface area contributed by atoms with Crippen LogP contribution in [0.5, 0.6) is 5.75 Å². The average molecular weight is 350 g/mol. The van der Waals surface area contributed by atoms with E-state index in [0.717, 1.165) is 51.9 Å². The number of ether oxygens (including phenoxy) is 1. The Labute approximate surface area is 149 Å². The predicted octanol–water partition coefficient (Wildman–Crippen LogP) is 4.25. The molecule has 2 heterocycles. The van der Waals surface area contributed by atoms with E-state index < -0.39 is 0 Å². The van der Waals surface area contributed by atoms with Crippen LogP contribution in [0.4, 0.5) is 5.00 Å². The van der Waals surface area contributed by atoms with Gasteiger partial charge in [0.25, 0.3) is 5.91 Å². The van der Waals surface area contributed by atoms with Gasteiger partial charge in [0.2, 0.25) is 0 Å². The molecule has 0 radical (unpaired) electrons. The minimum atomic E-state index is -0.292. The largest absolute Gasteiger partial charge is 0.496 e. The number of hydrogen-bond donors (Lipinski definition) is 2. The molecular weight excluding hydrogens is 332 g/mol. The molecule has 2 aromatic carbocycles. The SMILES string of the molecule is COc1ccc2ccccc2c1C1NC(=O)c2c(sc3c2CCC3)N1. The van der Waals surface area contributed by atoms with Crippen LogP contribution in [0.25, 0.3) is 10.8 Å². The monoisotopic (exact) mass is 350 g/mol. The zero-order chi connectivity index (χ0) is 17.0. The van der Waals surface area contributed by atoms with Crippen LogP contribution >= 0.6 is 11.3 Å². The van der Waals surface area contributed by atoms with Gasteiger partial charge in [-0.05, 0) is 41.7 Å². The molecule has 5 heteroatoms. The lowest BCUT2D eigenvalue weighted by Gasteiger charge is -2.28. The van der Waals surface area contributed by atoms with Gasteiger partial charge in [0.15, 0.2) is 0 Å². The van der Waals surface area contributed by atoms with Crippen molar-refractivity contribution in [3.8, 4) is 5.75 Å². The van der Waals surface area contributed by atoms with Crippen LogP contribution in [0.2, 0.25) is 0 Å². The Hall–Kier alpha value is -2.53. The van der Waals surface area contributed by atoms with Crippen LogP contribution in [-0.4, -0.2) is 13.0 Å². The third-order valence-corrected chi connectivity index (χ3v) is 6.36. The standard InChI is InChI=1S/C20H18N2O2S/c1-24-14-10-9-11-5-2-3-6-12(11)16(14)18-21-19(23)17-13-7-4-8-15(13)25-20(17)22-18/h2-3,5-6,9-10,18,22H,4,7-8H2,1H3,(H,21,23). The van der Waals surface area contributed by atoms with E-state index in [0.29, 0.717) is 0 Å². The predicted molar refractivity (Wildman–Crippen MR) is 101 cm³/mol. The Morgan fingerprint density at radius 3 is 2.88 bits per heavy atom. The number of rotatable bonds is 2. The van der Waals surface area contributed by atoms with Gasteiger partial charge in [0.05, 0.1) is 12.7 Å². The molecule has 1 atom stereocenters. The summed E-state index contributed by atoms with van der Waals surface area (Å²) in [5, 5.41) is 9.91. The second-order valence-electron chi connectivity index (χ2n) is 6.51. The van der Waals surface area contributed by atoms with Crippen molar-refractivity contribution in [3.05, 3.63) is 58.0 Å². The molecule has 0 bridgehead atoms. The molecule has 25 heavy (non-hydrogen) atoms. The molecule has 0 spiro atoms. The van der Waals surface area contributed by atoms with Gasteiger partial charge < -0.3 is 15.4 Å². The molecule has 1 aliphatic carbocycles. The molecule has 1 aliphatic heterocycles. The third-order valence-electron chi connectivity index (χ3n) is 5.14. The van der Waals surface area contributed by atoms with Crippen molar-refractivity contribution in [2.45, 2.75) is 25.4 Å². The number of carbonyl (C=O) groups excluding carboxylic acids is 1. The molecule has 4 nitrogen and oxygen atoms in total. The van der Waals surface area contributed by atoms with Crippen molar-refractivity contribution in [3.63, 3.8) is 0 Å². The first-order valence-corrected chi connectivity index (χ1v) is 9.35. The second kappa shape index (κ2) is 5.49. The van der Waals surface area contributed by atoms with Crippen LogP contribution in [0.1, 0.15) is 38.9 Å². The fourth-order valence-corrected chi connectivity index (χ4v) is 5.33. The van der Waals surface area contributed by atoms with E-state index >= 15 is 0 Å². The molecule has 1 unspecified atom stereocenters. The first-order valence-electron chi connectivity index (χ1n) is 8.54. The fraction of sp³-hybridized carbons (Fsp3) is 0.250. The van der Waals surface area contributed by atoms with E-state index in [-0.39, 0.29) is 12.1 Å². The normalized spacial score (nSPS) is 18.4. The Morgan fingerprint density at radius 1 is 1.12 bits per heavy atom. The highest BCUT2D eigenvalue weighted by Crippen LogP contribution is 2.44. The van der Waals surface area contributed by atoms with Gasteiger partial charge in [0.1, 0.15) is 16.9 Å². The van der Waals surface area contributed by atoms with Crippen molar-refractivity contribution in [2.24, 2.45) is 0 Å². The van der Waals surface area contributed by atoms with E-state index in [1.54, 1.807) is 18.4 Å². The molecule has 0 saturated carbocycles. The van der Waals surface area contributed by atoms with Gasteiger partial charge in [-0.15, -0.1) is 11.3 Å². The highest BCUT2D eigenvalue weighted by molar-refractivity contribution is 7.16. The molecule has 0 fully saturated rings. The van der Waals surface area contributed by atoms with Crippen LogP contribution in [-0.2, 0) is 12.8 Å². The number of hydrogen-bond acceptors (Lipinski definition) is 4. The molecule has 5 rings (SSSR count). The number of anilines is 1. The maximum absolute atomic E-state index is 12.8. The quantitative estimate of drug-likeness (QED) is 0.726. The lowest BCUT2D eigenvalue weighted by Crippen LogP contribution is -2.38. The number of nitrogens with one attached hydrogen (secondary N) is 2. The second-order valence-corrected chi connectivity index (χ2v) is 7.62. The molecule has 2 N–H and O–H groups in total. The summed E-state index contributed by atoms with van der Waals surface area (Å²) in [6.07, 6.45) is 2.96. The van der Waals surface area contributed by atoms with Crippen molar-refractivity contribution in [1.29, 1.82) is 0 Å². The Balaban J connectivity index is 1.65. The number of amides is 1. The van der Waals surface area contributed by atoms with E-state index in [2.05, 4.69) is 22.8 Å². The minimum absolute atomic E-state index is 0.0214. The van der Waals surface area contributed by atoms with Gasteiger partial charge in [-0.25, -0.2) is 0 Å². The summed E-state index contributed by atoms with van der Waals surface area (Å²) in [5.74, 6) is 0.803. The zero-order valence-electron chi connectivity index (χ0n) is 13.9. The van der Waals surface area contributed by atoms with Crippen molar-refractivity contribution >= 4 is 33.0 Å². The molecule has 1 amide bonds. The summed E-state index contributed by atoms with van der Waals surface area (Å²) in [5.41, 5.74) is 3.08. The zero-order valence-corrected chi connectivity index (χ0v) is 14.7. The molecule has 3 aromatic rings. The number of fused-ring (bicyclic) bond motifs is 4. The van der Waals surface area contributed by atoms with E-state index in [1.807, 2.05) is 24.3 Å². The van der Waals surface area contributed by atoms with Crippen LogP contribution in [0.3, 0.4) is 0 Å². The van der Waals surface area contributed by atoms with Gasteiger partial charge in [0, 0.05) is 10.4 Å². The number of methoxy groups -OCH3 is 1. The maximum Gasteiger partial charge on any atom is 0.256 e. The third kappa shape index (κ3) is 2.15. The van der Waals surface area contributed by atoms with Gasteiger partial charge in [-0.1, -0.05) is 30.3 Å². The molecule has 126 valence electrons. The molecule has 1 aromatic heterocycles. The topological polar surface area (TPSA) is 50.4 Å². The summed E-state index contributed by atoms with van der Waals surface area (Å²) >= 11 is 1.73. The summed E-state index contributed by atoms with van der Waals surface area (Å²) in [7, 11) is 1.67. The first-order chi connectivity index (χ1) is 12.3. The Morgan fingerprint density at radius 2 is 2.00 bits per heavy atom. The van der Waals surface area contributed by atoms with Gasteiger partial charge in [-0.3, -0.25) is 4.79 Å². The highest BCUT2D eigenvalue weighted by atomic mass is 32.1. The van der Waals surface area contributed by atoms with Crippen LogP contribution in [0, 0.1) is 0 Å². The van der Waals surface area contributed by atoms with Crippen LogP contribution < -0.4 is 15.4 Å². The number of thiophene rings is 1. The molecule has 0 saturated heterocycles.